The highest BCUT2D eigenvalue weighted by Gasteiger charge is 2.53. The van der Waals surface area contributed by atoms with Crippen LogP contribution in [0.25, 0.3) is 0 Å². The van der Waals surface area contributed by atoms with E-state index in [1.807, 2.05) is 0 Å². The zero-order chi connectivity index (χ0) is 18.0. The average Bonchev–Trinajstić information content (AvgIpc) is 2.65. The van der Waals surface area contributed by atoms with Crippen LogP contribution >= 0.6 is 0 Å². The minimum atomic E-state index is -1.83. The number of esters is 3. The Labute approximate surface area is 134 Å². The van der Waals surface area contributed by atoms with Crippen LogP contribution in [0.1, 0.15) is 34.6 Å². The molecule has 1 rings (SSSR count). The first kappa shape index (κ1) is 18.7. The molecule has 1 aliphatic rings. The first-order chi connectivity index (χ1) is 10.4. The monoisotopic (exact) mass is 327 g/mol. The zero-order valence-electron chi connectivity index (χ0n) is 14.3. The molecular formula is C15H21NO7. The predicted molar refractivity (Wildman–Crippen MR) is 79.5 cm³/mol. The number of rotatable bonds is 3. The van der Waals surface area contributed by atoms with Crippen LogP contribution in [0.15, 0.2) is 16.1 Å². The molecular weight excluding hydrogens is 306 g/mol. The van der Waals surface area contributed by atoms with E-state index in [0.717, 1.165) is 21.1 Å². The maximum Gasteiger partial charge on any atom is 0.344 e. The smallest absolute Gasteiger partial charge is 0.344 e. The lowest BCUT2D eigenvalue weighted by Gasteiger charge is -2.25. The average molecular weight is 327 g/mol. The van der Waals surface area contributed by atoms with Gasteiger partial charge in [-0.2, -0.15) is 0 Å². The van der Waals surface area contributed by atoms with Gasteiger partial charge in [-0.15, -0.1) is 0 Å². The summed E-state index contributed by atoms with van der Waals surface area (Å²) in [5.74, 6) is -4.40. The quantitative estimate of drug-likeness (QED) is 0.566. The van der Waals surface area contributed by atoms with Gasteiger partial charge in [-0.3, -0.25) is 4.79 Å². The first-order valence-corrected chi connectivity index (χ1v) is 6.85. The molecule has 0 aromatic carbocycles. The van der Waals surface area contributed by atoms with Crippen molar-refractivity contribution in [2.75, 3.05) is 14.2 Å². The van der Waals surface area contributed by atoms with Gasteiger partial charge >= 0.3 is 17.9 Å². The summed E-state index contributed by atoms with van der Waals surface area (Å²) in [6.07, 6.45) is 0. The van der Waals surface area contributed by atoms with Gasteiger partial charge in [0, 0.05) is 13.8 Å². The molecule has 0 amide bonds. The molecule has 128 valence electrons. The van der Waals surface area contributed by atoms with Gasteiger partial charge in [0.2, 0.25) is 5.90 Å². The molecule has 23 heavy (non-hydrogen) atoms. The Kier molecular flexibility index (Phi) is 5.19. The second-order valence-corrected chi connectivity index (χ2v) is 5.96. The van der Waals surface area contributed by atoms with E-state index in [0.29, 0.717) is 0 Å². The lowest BCUT2D eigenvalue weighted by atomic mass is 10.0. The molecule has 0 aromatic heterocycles. The topological polar surface area (TPSA) is 100 Å². The molecule has 0 fully saturated rings. The fourth-order valence-corrected chi connectivity index (χ4v) is 2.03. The van der Waals surface area contributed by atoms with Crippen LogP contribution < -0.4 is 0 Å². The number of ether oxygens (including phenoxy) is 4. The summed E-state index contributed by atoms with van der Waals surface area (Å²) in [7, 11) is 2.29. The highest BCUT2D eigenvalue weighted by atomic mass is 16.7. The number of aliphatic imine (C=N–C) groups is 1. The van der Waals surface area contributed by atoms with Crippen LogP contribution in [0, 0.1) is 0 Å². The van der Waals surface area contributed by atoms with Gasteiger partial charge in [0.05, 0.1) is 19.8 Å². The molecule has 0 radical (unpaired) electrons. The van der Waals surface area contributed by atoms with E-state index in [-0.39, 0.29) is 17.0 Å². The molecule has 8 nitrogen and oxygen atoms in total. The summed E-state index contributed by atoms with van der Waals surface area (Å²) in [6, 6.07) is 0. The van der Waals surface area contributed by atoms with E-state index in [2.05, 4.69) is 9.73 Å². The summed E-state index contributed by atoms with van der Waals surface area (Å²) in [5.41, 5.74) is -1.11. The fourth-order valence-electron chi connectivity index (χ4n) is 2.03. The van der Waals surface area contributed by atoms with E-state index in [4.69, 9.17) is 14.2 Å². The maximum atomic E-state index is 12.1. The highest BCUT2D eigenvalue weighted by Crippen LogP contribution is 2.37. The van der Waals surface area contributed by atoms with Crippen molar-refractivity contribution in [2.24, 2.45) is 4.99 Å². The normalized spacial score (nSPS) is 22.7. The Balaban J connectivity index is 3.65. The van der Waals surface area contributed by atoms with Gasteiger partial charge in [0.1, 0.15) is 11.1 Å². The van der Waals surface area contributed by atoms with E-state index < -0.39 is 29.2 Å². The third kappa shape index (κ3) is 4.08. The van der Waals surface area contributed by atoms with Gasteiger partial charge in [0.25, 0.3) is 5.79 Å². The van der Waals surface area contributed by atoms with Crippen molar-refractivity contribution in [2.45, 2.75) is 45.9 Å². The molecule has 8 heteroatoms. The van der Waals surface area contributed by atoms with E-state index in [1.54, 1.807) is 20.8 Å². The molecule has 1 aliphatic heterocycles. The zero-order valence-corrected chi connectivity index (χ0v) is 14.3. The number of nitrogens with zero attached hydrogens (tertiary/aromatic N) is 1. The first-order valence-electron chi connectivity index (χ1n) is 6.85. The second-order valence-electron chi connectivity index (χ2n) is 5.96. The molecule has 0 N–H and O–H groups in total. The fraction of sp³-hybridized carbons (Fsp3) is 0.600. The van der Waals surface area contributed by atoms with Crippen molar-refractivity contribution < 1.29 is 33.3 Å². The molecule has 0 aromatic rings. The van der Waals surface area contributed by atoms with Crippen LogP contribution in [0.3, 0.4) is 0 Å². The van der Waals surface area contributed by atoms with Gasteiger partial charge < -0.3 is 18.9 Å². The summed E-state index contributed by atoms with van der Waals surface area (Å²) < 4.78 is 20.0. The van der Waals surface area contributed by atoms with Crippen molar-refractivity contribution in [1.29, 1.82) is 0 Å². The van der Waals surface area contributed by atoms with E-state index >= 15 is 0 Å². The minimum Gasteiger partial charge on any atom is -0.465 e. The second kappa shape index (κ2) is 6.39. The van der Waals surface area contributed by atoms with Crippen LogP contribution in [-0.2, 0) is 33.3 Å². The maximum absolute atomic E-state index is 12.1. The van der Waals surface area contributed by atoms with Gasteiger partial charge in [-0.1, -0.05) is 0 Å². The molecule has 0 saturated heterocycles. The van der Waals surface area contributed by atoms with Crippen molar-refractivity contribution >= 4 is 23.8 Å². The lowest BCUT2D eigenvalue weighted by molar-refractivity contribution is -0.181. The van der Waals surface area contributed by atoms with Crippen molar-refractivity contribution in [1.82, 2.24) is 0 Å². The Bertz CT molecular complexity index is 597. The van der Waals surface area contributed by atoms with Crippen LogP contribution in [0.5, 0.6) is 0 Å². The van der Waals surface area contributed by atoms with Crippen LogP contribution in [0.2, 0.25) is 0 Å². The SMILES string of the molecule is COC(=O)C1=C(C(=O)OC)C(C)(OC(C)=O)OC1=NC(C)(C)C. The molecule has 0 bridgehead atoms. The van der Waals surface area contributed by atoms with E-state index in [9.17, 15) is 14.4 Å². The number of hydrogen-bond acceptors (Lipinski definition) is 8. The third-order valence-electron chi connectivity index (χ3n) is 2.76. The van der Waals surface area contributed by atoms with Crippen LogP contribution in [0.4, 0.5) is 0 Å². The molecule has 1 atom stereocenters. The van der Waals surface area contributed by atoms with Crippen molar-refractivity contribution in [3.63, 3.8) is 0 Å². The Morgan fingerprint density at radius 1 is 1.09 bits per heavy atom. The minimum absolute atomic E-state index is 0.145. The number of hydrogen-bond donors (Lipinski definition) is 0. The molecule has 0 spiro atoms. The molecule has 1 heterocycles. The van der Waals surface area contributed by atoms with Crippen LogP contribution in [-0.4, -0.2) is 49.4 Å². The molecule has 1 unspecified atom stereocenters. The standard InChI is InChI=1S/C15H21NO7/c1-8(17)22-15(5)10(13(19)21-7)9(12(18)20-6)11(23-15)16-14(2,3)4/h1-7H3. The van der Waals surface area contributed by atoms with Gasteiger partial charge in [-0.05, 0) is 20.8 Å². The van der Waals surface area contributed by atoms with Crippen molar-refractivity contribution in [3.8, 4) is 0 Å². The highest BCUT2D eigenvalue weighted by molar-refractivity contribution is 6.23. The van der Waals surface area contributed by atoms with Crippen molar-refractivity contribution in [3.05, 3.63) is 11.1 Å². The third-order valence-corrected chi connectivity index (χ3v) is 2.76. The number of methoxy groups -OCH3 is 2. The van der Waals surface area contributed by atoms with Gasteiger partial charge in [-0.25, -0.2) is 14.6 Å². The summed E-state index contributed by atoms with van der Waals surface area (Å²) >= 11 is 0. The summed E-state index contributed by atoms with van der Waals surface area (Å²) in [6.45, 7) is 7.81. The molecule has 0 saturated carbocycles. The largest absolute Gasteiger partial charge is 0.465 e. The summed E-state index contributed by atoms with van der Waals surface area (Å²) in [5, 5.41) is 0. The van der Waals surface area contributed by atoms with E-state index in [1.165, 1.54) is 6.92 Å². The lowest BCUT2D eigenvalue weighted by Crippen LogP contribution is -2.37. The Morgan fingerprint density at radius 2 is 1.61 bits per heavy atom. The molecule has 0 aliphatic carbocycles. The predicted octanol–water partition coefficient (Wildman–Crippen LogP) is 1.14. The number of carbonyl (C=O) groups excluding carboxylic acids is 3. The van der Waals surface area contributed by atoms with Gasteiger partial charge in [0.15, 0.2) is 0 Å². The summed E-state index contributed by atoms with van der Waals surface area (Å²) in [4.78, 5) is 39.9. The Hall–Kier alpha value is -2.38. The number of carbonyl (C=O) groups is 3. The Morgan fingerprint density at radius 3 is 2.00 bits per heavy atom.